The molecule has 2 aliphatic heterocycles. The number of amides is 1. The van der Waals surface area contributed by atoms with Crippen LogP contribution in [-0.2, 0) is 15.6 Å². The van der Waals surface area contributed by atoms with Crippen LogP contribution in [0.15, 0.2) is 84.6 Å². The number of hydrogen-bond acceptors (Lipinski definition) is 5. The Morgan fingerprint density at radius 3 is 2.19 bits per heavy atom. The van der Waals surface area contributed by atoms with Gasteiger partial charge in [0.25, 0.3) is 0 Å². The molecule has 5 N–H and O–H groups in total. The Bertz CT molecular complexity index is 1530. The van der Waals surface area contributed by atoms with Gasteiger partial charge in [-0.2, -0.15) is 4.58 Å². The minimum absolute atomic E-state index is 0.0282. The molecule has 4 rings (SSSR count). The molecule has 0 saturated heterocycles. The highest BCUT2D eigenvalue weighted by Crippen LogP contribution is 2.47. The highest BCUT2D eigenvalue weighted by Gasteiger charge is 2.44. The molecule has 0 saturated carbocycles. The number of nitrogens with two attached hydrogens (primary N) is 1. The summed E-state index contributed by atoms with van der Waals surface area (Å²) in [7, 11) is 0. The van der Waals surface area contributed by atoms with Crippen molar-refractivity contribution in [2.24, 2.45) is 5.73 Å². The number of unbranched alkanes of at least 4 members (excludes halogenated alkanes) is 4. The lowest BCUT2D eigenvalue weighted by Crippen LogP contribution is -2.28. The van der Waals surface area contributed by atoms with Gasteiger partial charge >= 0.3 is 0 Å². The molecular formula is C45H69N6O+. The lowest BCUT2D eigenvalue weighted by Gasteiger charge is -2.27. The second kappa shape index (κ2) is 21.2. The van der Waals surface area contributed by atoms with Crippen molar-refractivity contribution in [1.29, 1.82) is 0 Å². The summed E-state index contributed by atoms with van der Waals surface area (Å²) in [6, 6.07) is 17.7. The Morgan fingerprint density at radius 2 is 1.44 bits per heavy atom. The summed E-state index contributed by atoms with van der Waals surface area (Å²) in [4.78, 5) is 15.0. The van der Waals surface area contributed by atoms with E-state index in [0.29, 0.717) is 6.42 Å². The van der Waals surface area contributed by atoms with Crippen LogP contribution in [-0.4, -0.2) is 68.6 Å². The van der Waals surface area contributed by atoms with Gasteiger partial charge in [0.1, 0.15) is 6.54 Å². The number of anilines is 1. The zero-order valence-electron chi connectivity index (χ0n) is 33.1. The summed E-state index contributed by atoms with van der Waals surface area (Å²) in [6.45, 7) is 19.2. The van der Waals surface area contributed by atoms with Crippen LogP contribution in [0.25, 0.3) is 0 Å². The summed E-state index contributed by atoms with van der Waals surface area (Å²) in [5, 5.41) is 10.0. The normalized spacial score (nSPS) is 16.8. The van der Waals surface area contributed by atoms with E-state index in [4.69, 9.17) is 5.73 Å². The molecule has 52 heavy (non-hydrogen) atoms. The molecule has 2 aliphatic rings. The number of carbonyl (C=O) groups excluding carboxylic acids is 1. The van der Waals surface area contributed by atoms with E-state index in [-0.39, 0.29) is 16.7 Å². The predicted molar refractivity (Wildman–Crippen MR) is 222 cm³/mol. The molecular weight excluding hydrogens is 641 g/mol. The molecule has 0 fully saturated rings. The second-order valence-corrected chi connectivity index (χ2v) is 15.5. The van der Waals surface area contributed by atoms with Crippen molar-refractivity contribution in [2.45, 2.75) is 110 Å². The van der Waals surface area contributed by atoms with E-state index in [0.717, 1.165) is 84.5 Å². The molecule has 2 aromatic rings. The smallest absolute Gasteiger partial charge is 0.219 e. The van der Waals surface area contributed by atoms with Gasteiger partial charge in [-0.15, -0.1) is 0 Å². The molecule has 0 unspecified atom stereocenters. The largest absolute Gasteiger partial charge is 0.356 e. The van der Waals surface area contributed by atoms with Crippen LogP contribution in [0, 0.1) is 0 Å². The first kappa shape index (κ1) is 41.2. The van der Waals surface area contributed by atoms with Crippen LogP contribution in [0.5, 0.6) is 0 Å². The number of nitrogens with one attached hydrogen (secondary N) is 3. The number of fused-ring (bicyclic) bond motifs is 2. The number of rotatable bonds is 24. The molecule has 284 valence electrons. The fourth-order valence-electron chi connectivity index (χ4n) is 7.68. The topological polar surface area (TPSA) is 85.4 Å². The van der Waals surface area contributed by atoms with Crippen LogP contribution in [0.2, 0.25) is 0 Å². The monoisotopic (exact) mass is 710 g/mol. The van der Waals surface area contributed by atoms with E-state index >= 15 is 0 Å². The van der Waals surface area contributed by atoms with Gasteiger partial charge in [-0.3, -0.25) is 4.79 Å². The minimum atomic E-state index is -0.0815. The molecule has 2 aromatic carbocycles. The lowest BCUT2D eigenvalue weighted by atomic mass is 9.81. The van der Waals surface area contributed by atoms with E-state index in [1.165, 1.54) is 59.6 Å². The van der Waals surface area contributed by atoms with Gasteiger partial charge < -0.3 is 26.6 Å². The molecule has 0 aliphatic carbocycles. The zero-order chi connectivity index (χ0) is 37.2. The first-order valence-corrected chi connectivity index (χ1v) is 20.3. The maximum absolute atomic E-state index is 12.5. The number of carbonyl (C=O) groups is 1. The highest BCUT2D eigenvalue weighted by molar-refractivity contribution is 6.03. The Kier molecular flexibility index (Phi) is 16.9. The fraction of sp³-hybridized carbons (Fsp3) is 0.556. The van der Waals surface area contributed by atoms with Crippen LogP contribution < -0.4 is 26.6 Å². The SMILES string of the molecule is CCCCN1C(=CC=CC=CC2=[N+](CCCCCC(=O)NCCCNCCCCNCCCN)c3ccccc3C2(C)C)C(C)(C)c2ccccc21. The van der Waals surface area contributed by atoms with Gasteiger partial charge in [-0.05, 0) is 109 Å². The van der Waals surface area contributed by atoms with Gasteiger partial charge in [-0.25, -0.2) is 0 Å². The molecule has 0 atom stereocenters. The maximum Gasteiger partial charge on any atom is 0.219 e. The van der Waals surface area contributed by atoms with E-state index in [9.17, 15) is 4.79 Å². The predicted octanol–water partition coefficient (Wildman–Crippen LogP) is 8.03. The fourth-order valence-corrected chi connectivity index (χ4v) is 7.68. The summed E-state index contributed by atoms with van der Waals surface area (Å²) in [6.07, 6.45) is 21.5. The Balaban J connectivity index is 1.25. The van der Waals surface area contributed by atoms with Crippen molar-refractivity contribution >= 4 is 23.0 Å². The van der Waals surface area contributed by atoms with Crippen molar-refractivity contribution in [3.05, 3.63) is 95.7 Å². The molecule has 7 nitrogen and oxygen atoms in total. The summed E-state index contributed by atoms with van der Waals surface area (Å²) in [5.74, 6) is 0.173. The van der Waals surface area contributed by atoms with E-state index in [2.05, 4.69) is 139 Å². The van der Waals surface area contributed by atoms with E-state index in [1.807, 2.05) is 0 Å². The van der Waals surface area contributed by atoms with Crippen LogP contribution in [0.4, 0.5) is 11.4 Å². The molecule has 7 heteroatoms. The van der Waals surface area contributed by atoms with Crippen molar-refractivity contribution < 1.29 is 9.37 Å². The van der Waals surface area contributed by atoms with Crippen molar-refractivity contribution in [3.63, 3.8) is 0 Å². The molecule has 0 aromatic heterocycles. The standard InChI is InChI=1S/C45H68N6O/c1-6-7-35-50-39-24-15-13-22-37(39)44(2,3)41(50)26-10-8-11-27-42-45(4,5)38-23-14-16-25-40(38)51(42)36-19-9-12-28-43(52)49-34-21-33-48-31-18-17-30-47-32-20-29-46/h8,10-11,13-16,22-27,47-48H,6-7,9,12,17-21,28-36,46H2,1-5H3/p+1. The van der Waals surface area contributed by atoms with Crippen LogP contribution >= 0.6 is 0 Å². The van der Waals surface area contributed by atoms with Gasteiger partial charge in [0, 0.05) is 60.4 Å². The van der Waals surface area contributed by atoms with E-state index < -0.39 is 0 Å². The zero-order valence-corrected chi connectivity index (χ0v) is 33.1. The van der Waals surface area contributed by atoms with Crippen molar-refractivity contribution in [1.82, 2.24) is 16.0 Å². The first-order chi connectivity index (χ1) is 25.2. The van der Waals surface area contributed by atoms with Crippen LogP contribution in [0.1, 0.15) is 110 Å². The molecule has 2 heterocycles. The van der Waals surface area contributed by atoms with Crippen LogP contribution in [0.3, 0.4) is 0 Å². The average Bonchev–Trinajstić information content (AvgIpc) is 3.49. The molecule has 0 bridgehead atoms. The number of hydrogen-bond donors (Lipinski definition) is 4. The third-order valence-electron chi connectivity index (χ3n) is 10.7. The minimum Gasteiger partial charge on any atom is -0.356 e. The number of allylic oxidation sites excluding steroid dienone is 6. The maximum atomic E-state index is 12.5. The van der Waals surface area contributed by atoms with Crippen molar-refractivity contribution in [2.75, 3.05) is 57.3 Å². The van der Waals surface area contributed by atoms with Gasteiger partial charge in [-0.1, -0.05) is 81.8 Å². The molecule has 1 amide bonds. The van der Waals surface area contributed by atoms with E-state index in [1.54, 1.807) is 0 Å². The number of para-hydroxylation sites is 2. The summed E-state index contributed by atoms with van der Waals surface area (Å²) in [5.41, 5.74) is 13.5. The van der Waals surface area contributed by atoms with Gasteiger partial charge in [0.05, 0.1) is 5.41 Å². The Hall–Kier alpha value is -3.52. The summed E-state index contributed by atoms with van der Waals surface area (Å²) >= 11 is 0. The van der Waals surface area contributed by atoms with Gasteiger partial charge in [0.15, 0.2) is 5.71 Å². The quantitative estimate of drug-likeness (QED) is 0.0504. The number of nitrogens with zero attached hydrogens (tertiary/aromatic N) is 2. The van der Waals surface area contributed by atoms with Crippen molar-refractivity contribution in [3.8, 4) is 0 Å². The third-order valence-corrected chi connectivity index (χ3v) is 10.7. The van der Waals surface area contributed by atoms with Gasteiger partial charge in [0.2, 0.25) is 11.6 Å². The number of benzene rings is 2. The average molecular weight is 710 g/mol. The Morgan fingerprint density at radius 1 is 0.750 bits per heavy atom. The third kappa shape index (κ3) is 11.2. The lowest BCUT2D eigenvalue weighted by molar-refractivity contribution is -0.438. The highest BCUT2D eigenvalue weighted by atomic mass is 16.1. The summed E-state index contributed by atoms with van der Waals surface area (Å²) < 4.78 is 2.51. The molecule has 0 spiro atoms. The second-order valence-electron chi connectivity index (χ2n) is 15.5. The first-order valence-electron chi connectivity index (χ1n) is 20.3. The molecule has 0 radical (unpaired) electrons. The Labute approximate surface area is 315 Å².